The molecular weight excluding hydrogens is 266 g/mol. The number of ether oxygens (including phenoxy) is 1. The molecule has 1 aliphatic rings. The Kier molecular flexibility index (Phi) is 3.88. The minimum Gasteiger partial charge on any atom is -0.457 e. The van der Waals surface area contributed by atoms with Crippen LogP contribution in [0.1, 0.15) is 41.1 Å². The molecule has 2 N–H and O–H groups in total. The number of benzene rings is 2. The molecule has 2 aromatic carbocycles. The first-order valence-corrected chi connectivity index (χ1v) is 7.08. The van der Waals surface area contributed by atoms with Gasteiger partial charge in [-0.1, -0.05) is 18.6 Å². The van der Waals surface area contributed by atoms with Crippen molar-refractivity contribution < 1.29 is 14.7 Å². The van der Waals surface area contributed by atoms with Crippen molar-refractivity contribution in [2.75, 3.05) is 0 Å². The van der Waals surface area contributed by atoms with Gasteiger partial charge in [0.2, 0.25) is 0 Å². The fourth-order valence-corrected chi connectivity index (χ4v) is 2.42. The van der Waals surface area contributed by atoms with E-state index >= 15 is 0 Å². The molecule has 0 heterocycles. The Morgan fingerprint density at radius 1 is 1.00 bits per heavy atom. The summed E-state index contributed by atoms with van der Waals surface area (Å²) in [5.41, 5.74) is 3.36. The third kappa shape index (κ3) is 3.06. The molecule has 0 spiro atoms. The van der Waals surface area contributed by atoms with Crippen molar-refractivity contribution in [3.05, 3.63) is 59.7 Å². The zero-order chi connectivity index (χ0) is 14.7. The van der Waals surface area contributed by atoms with Gasteiger partial charge in [-0.3, -0.25) is 10.0 Å². The second-order valence-corrected chi connectivity index (χ2v) is 5.26. The van der Waals surface area contributed by atoms with E-state index in [9.17, 15) is 4.79 Å². The van der Waals surface area contributed by atoms with E-state index in [1.165, 1.54) is 24.8 Å². The van der Waals surface area contributed by atoms with Crippen molar-refractivity contribution in [2.24, 2.45) is 0 Å². The second-order valence-electron chi connectivity index (χ2n) is 5.26. The zero-order valence-electron chi connectivity index (χ0n) is 11.6. The standard InChI is InChI=1S/C17H17NO3/c19-17(18-20)14-6-10-16(11-7-14)21-15-8-4-13(5-9-15)12-2-1-3-12/h4-12,20H,1-3H2,(H,18,19). The van der Waals surface area contributed by atoms with Crippen LogP contribution in [0.25, 0.3) is 0 Å². The summed E-state index contributed by atoms with van der Waals surface area (Å²) >= 11 is 0. The largest absolute Gasteiger partial charge is 0.457 e. The highest BCUT2D eigenvalue weighted by molar-refractivity contribution is 5.93. The molecule has 0 aliphatic heterocycles. The van der Waals surface area contributed by atoms with E-state index in [-0.39, 0.29) is 0 Å². The lowest BCUT2D eigenvalue weighted by atomic mass is 9.80. The van der Waals surface area contributed by atoms with E-state index in [0.717, 1.165) is 11.7 Å². The van der Waals surface area contributed by atoms with Crippen LogP contribution in [0.5, 0.6) is 11.5 Å². The van der Waals surface area contributed by atoms with E-state index < -0.39 is 5.91 Å². The monoisotopic (exact) mass is 283 g/mol. The molecule has 1 amide bonds. The first-order valence-electron chi connectivity index (χ1n) is 7.08. The number of hydroxylamine groups is 1. The summed E-state index contributed by atoms with van der Waals surface area (Å²) in [5.74, 6) is 1.61. The van der Waals surface area contributed by atoms with E-state index in [4.69, 9.17) is 9.94 Å². The number of hydrogen-bond acceptors (Lipinski definition) is 3. The van der Waals surface area contributed by atoms with Crippen LogP contribution in [-0.4, -0.2) is 11.1 Å². The van der Waals surface area contributed by atoms with Crippen LogP contribution in [0.4, 0.5) is 0 Å². The number of carbonyl (C=O) groups excluding carboxylic acids is 1. The molecule has 1 fully saturated rings. The minimum atomic E-state index is -0.536. The molecule has 0 bridgehead atoms. The maximum Gasteiger partial charge on any atom is 0.274 e. The molecule has 1 saturated carbocycles. The van der Waals surface area contributed by atoms with Crippen LogP contribution < -0.4 is 10.2 Å². The van der Waals surface area contributed by atoms with Gasteiger partial charge in [0, 0.05) is 5.56 Å². The molecule has 4 heteroatoms. The van der Waals surface area contributed by atoms with Gasteiger partial charge < -0.3 is 4.74 Å². The van der Waals surface area contributed by atoms with Crippen molar-refractivity contribution in [2.45, 2.75) is 25.2 Å². The van der Waals surface area contributed by atoms with Gasteiger partial charge in [-0.2, -0.15) is 0 Å². The first kappa shape index (κ1) is 13.6. The number of hydrogen-bond donors (Lipinski definition) is 2. The summed E-state index contributed by atoms with van der Waals surface area (Å²) in [4.78, 5) is 11.2. The van der Waals surface area contributed by atoms with Crippen LogP contribution in [0, 0.1) is 0 Å². The first-order chi connectivity index (χ1) is 10.3. The molecular formula is C17H17NO3. The highest BCUT2D eigenvalue weighted by Crippen LogP contribution is 2.37. The summed E-state index contributed by atoms with van der Waals surface area (Å²) in [6, 6.07) is 14.8. The summed E-state index contributed by atoms with van der Waals surface area (Å²) < 4.78 is 5.74. The molecule has 0 atom stereocenters. The molecule has 0 saturated heterocycles. The van der Waals surface area contributed by atoms with Gasteiger partial charge in [0.1, 0.15) is 11.5 Å². The Hall–Kier alpha value is -2.33. The zero-order valence-corrected chi connectivity index (χ0v) is 11.6. The Labute approximate surface area is 123 Å². The molecule has 1 aliphatic carbocycles. The molecule has 108 valence electrons. The van der Waals surface area contributed by atoms with E-state index in [2.05, 4.69) is 12.1 Å². The average molecular weight is 283 g/mol. The molecule has 0 unspecified atom stereocenters. The second kappa shape index (κ2) is 5.97. The van der Waals surface area contributed by atoms with Crippen LogP contribution in [0.3, 0.4) is 0 Å². The molecule has 0 aromatic heterocycles. The van der Waals surface area contributed by atoms with Gasteiger partial charge in [-0.05, 0) is 60.7 Å². The average Bonchev–Trinajstić information content (AvgIpc) is 2.47. The third-order valence-electron chi connectivity index (χ3n) is 3.91. The topological polar surface area (TPSA) is 58.6 Å². The van der Waals surface area contributed by atoms with E-state index in [1.54, 1.807) is 29.7 Å². The number of rotatable bonds is 4. The van der Waals surface area contributed by atoms with Gasteiger partial charge in [-0.25, -0.2) is 5.48 Å². The maximum atomic E-state index is 11.2. The SMILES string of the molecule is O=C(NO)c1ccc(Oc2ccc(C3CCC3)cc2)cc1. The van der Waals surface area contributed by atoms with Gasteiger partial charge in [0.15, 0.2) is 0 Å². The normalized spacial score (nSPS) is 14.3. The Morgan fingerprint density at radius 2 is 1.57 bits per heavy atom. The Balaban J connectivity index is 1.66. The van der Waals surface area contributed by atoms with E-state index in [0.29, 0.717) is 11.3 Å². The van der Waals surface area contributed by atoms with Crippen LogP contribution in [0.15, 0.2) is 48.5 Å². The van der Waals surface area contributed by atoms with Gasteiger partial charge in [-0.15, -0.1) is 0 Å². The fraction of sp³-hybridized carbons (Fsp3) is 0.235. The molecule has 4 nitrogen and oxygen atoms in total. The highest BCUT2D eigenvalue weighted by atomic mass is 16.5. The van der Waals surface area contributed by atoms with Gasteiger partial charge >= 0.3 is 0 Å². The highest BCUT2D eigenvalue weighted by Gasteiger charge is 2.19. The van der Waals surface area contributed by atoms with Crippen LogP contribution in [0.2, 0.25) is 0 Å². The summed E-state index contributed by atoms with van der Waals surface area (Å²) in [7, 11) is 0. The predicted molar refractivity (Wildman–Crippen MR) is 78.8 cm³/mol. The Morgan fingerprint density at radius 3 is 2.05 bits per heavy atom. The van der Waals surface area contributed by atoms with Crippen molar-refractivity contribution in [3.8, 4) is 11.5 Å². The Bertz CT molecular complexity index is 615. The maximum absolute atomic E-state index is 11.2. The molecule has 21 heavy (non-hydrogen) atoms. The lowest BCUT2D eigenvalue weighted by Gasteiger charge is -2.25. The number of carbonyl (C=O) groups is 1. The number of nitrogens with one attached hydrogen (secondary N) is 1. The lowest BCUT2D eigenvalue weighted by molar-refractivity contribution is 0.0706. The van der Waals surface area contributed by atoms with Crippen molar-refractivity contribution in [1.82, 2.24) is 5.48 Å². The summed E-state index contributed by atoms with van der Waals surface area (Å²) in [6.07, 6.45) is 3.90. The van der Waals surface area contributed by atoms with Gasteiger partial charge in [0.25, 0.3) is 5.91 Å². The molecule has 0 radical (unpaired) electrons. The molecule has 3 rings (SSSR count). The smallest absolute Gasteiger partial charge is 0.274 e. The van der Waals surface area contributed by atoms with Crippen molar-refractivity contribution in [3.63, 3.8) is 0 Å². The van der Waals surface area contributed by atoms with E-state index in [1.807, 2.05) is 12.1 Å². The fourth-order valence-electron chi connectivity index (χ4n) is 2.42. The summed E-state index contributed by atoms with van der Waals surface area (Å²) in [5, 5.41) is 8.56. The quantitative estimate of drug-likeness (QED) is 0.661. The minimum absolute atomic E-state index is 0.380. The summed E-state index contributed by atoms with van der Waals surface area (Å²) in [6.45, 7) is 0. The van der Waals surface area contributed by atoms with Crippen molar-refractivity contribution in [1.29, 1.82) is 0 Å². The van der Waals surface area contributed by atoms with Crippen LogP contribution in [-0.2, 0) is 0 Å². The third-order valence-corrected chi connectivity index (χ3v) is 3.91. The molecule has 2 aromatic rings. The lowest BCUT2D eigenvalue weighted by Crippen LogP contribution is -2.18. The van der Waals surface area contributed by atoms with Gasteiger partial charge in [0.05, 0.1) is 0 Å². The number of amides is 1. The van der Waals surface area contributed by atoms with Crippen molar-refractivity contribution >= 4 is 5.91 Å². The van der Waals surface area contributed by atoms with Crippen LogP contribution >= 0.6 is 0 Å². The predicted octanol–water partition coefficient (Wildman–Crippen LogP) is 3.87.